The summed E-state index contributed by atoms with van der Waals surface area (Å²) in [5.41, 5.74) is 3.32. The minimum Gasteiger partial charge on any atom is -0.320 e. The van der Waals surface area contributed by atoms with E-state index in [4.69, 9.17) is 11.6 Å². The van der Waals surface area contributed by atoms with E-state index in [0.29, 0.717) is 16.6 Å². The lowest BCUT2D eigenvalue weighted by Gasteiger charge is -2.16. The molecule has 2 rings (SSSR count). The average molecular weight is 289 g/mol. The molecule has 2 aromatic rings. The summed E-state index contributed by atoms with van der Waals surface area (Å²) >= 11 is 5.88. The van der Waals surface area contributed by atoms with E-state index in [1.165, 1.54) is 6.20 Å². The van der Waals surface area contributed by atoms with Crippen molar-refractivity contribution in [2.24, 2.45) is 0 Å². The lowest BCUT2D eigenvalue weighted by Crippen LogP contribution is -2.16. The molecule has 0 atom stereocenters. The van der Waals surface area contributed by atoms with E-state index >= 15 is 0 Å². The highest BCUT2D eigenvalue weighted by Gasteiger charge is 2.14. The van der Waals surface area contributed by atoms with Gasteiger partial charge in [-0.25, -0.2) is 0 Å². The Morgan fingerprint density at radius 3 is 2.70 bits per heavy atom. The van der Waals surface area contributed by atoms with Crippen LogP contribution in [0.15, 0.2) is 36.5 Å². The quantitative estimate of drug-likeness (QED) is 0.908. The highest BCUT2D eigenvalue weighted by atomic mass is 35.5. The van der Waals surface area contributed by atoms with E-state index in [1.54, 1.807) is 12.1 Å². The normalized spacial score (nSPS) is 10.7. The third-order valence-corrected chi connectivity index (χ3v) is 3.36. The van der Waals surface area contributed by atoms with Crippen LogP contribution in [0, 0.1) is 6.92 Å². The number of hydrogen-bond acceptors (Lipinski definition) is 2. The van der Waals surface area contributed by atoms with Gasteiger partial charge in [0.25, 0.3) is 5.91 Å². The Bertz CT molecular complexity index is 638. The number of carbonyl (C=O) groups is 1. The molecule has 0 aliphatic rings. The van der Waals surface area contributed by atoms with Gasteiger partial charge < -0.3 is 5.32 Å². The largest absolute Gasteiger partial charge is 0.320 e. The Labute approximate surface area is 124 Å². The number of carbonyl (C=O) groups excluding carboxylic acids is 1. The Kier molecular flexibility index (Phi) is 4.40. The van der Waals surface area contributed by atoms with Crippen molar-refractivity contribution >= 4 is 23.2 Å². The summed E-state index contributed by atoms with van der Waals surface area (Å²) in [5.74, 6) is 0.0845. The van der Waals surface area contributed by atoms with E-state index in [2.05, 4.69) is 24.1 Å². The average Bonchev–Trinajstić information content (AvgIpc) is 2.40. The van der Waals surface area contributed by atoms with Gasteiger partial charge in [0.1, 0.15) is 5.69 Å². The summed E-state index contributed by atoms with van der Waals surface area (Å²) < 4.78 is 0. The van der Waals surface area contributed by atoms with E-state index in [9.17, 15) is 4.79 Å². The Balaban J connectivity index is 2.33. The monoisotopic (exact) mass is 288 g/mol. The van der Waals surface area contributed by atoms with Crippen LogP contribution >= 0.6 is 11.6 Å². The van der Waals surface area contributed by atoms with E-state index in [0.717, 1.165) is 16.8 Å². The maximum absolute atomic E-state index is 12.3. The topological polar surface area (TPSA) is 42.0 Å². The number of rotatable bonds is 3. The predicted octanol–water partition coefficient (Wildman–Crippen LogP) is 4.42. The van der Waals surface area contributed by atoms with Crippen molar-refractivity contribution in [2.45, 2.75) is 26.7 Å². The van der Waals surface area contributed by atoms with Gasteiger partial charge in [0.2, 0.25) is 0 Å². The fourth-order valence-electron chi connectivity index (χ4n) is 2.05. The van der Waals surface area contributed by atoms with Crippen LogP contribution in [0.5, 0.6) is 0 Å². The van der Waals surface area contributed by atoms with Gasteiger partial charge in [-0.05, 0) is 36.1 Å². The summed E-state index contributed by atoms with van der Waals surface area (Å²) in [6.07, 6.45) is 1.53. The number of pyridine rings is 1. The molecule has 1 heterocycles. The van der Waals surface area contributed by atoms with E-state index in [1.807, 2.05) is 25.1 Å². The first-order valence-corrected chi connectivity index (χ1v) is 6.89. The zero-order valence-corrected chi connectivity index (χ0v) is 12.5. The summed E-state index contributed by atoms with van der Waals surface area (Å²) in [6.45, 7) is 6.18. The van der Waals surface area contributed by atoms with Crippen molar-refractivity contribution in [2.75, 3.05) is 5.32 Å². The SMILES string of the molecule is Cc1cccc(C(C)C)c1NC(=O)c1cc(Cl)ccn1. The first-order valence-electron chi connectivity index (χ1n) is 6.51. The smallest absolute Gasteiger partial charge is 0.274 e. The molecule has 1 N–H and O–H groups in total. The minimum atomic E-state index is -0.247. The molecular weight excluding hydrogens is 272 g/mol. The number of nitrogens with zero attached hydrogens (tertiary/aromatic N) is 1. The molecule has 1 aromatic carbocycles. The standard InChI is InChI=1S/C16H17ClN2O/c1-10(2)13-6-4-5-11(3)15(13)19-16(20)14-9-12(17)7-8-18-14/h4-10H,1-3H3,(H,19,20). The Morgan fingerprint density at radius 2 is 2.05 bits per heavy atom. The van der Waals surface area contributed by atoms with Crippen LogP contribution in [0.3, 0.4) is 0 Å². The number of hydrogen-bond donors (Lipinski definition) is 1. The molecule has 0 bridgehead atoms. The molecule has 1 amide bonds. The van der Waals surface area contributed by atoms with Crippen LogP contribution < -0.4 is 5.32 Å². The number of nitrogens with one attached hydrogen (secondary N) is 1. The molecule has 0 radical (unpaired) electrons. The second-order valence-electron chi connectivity index (χ2n) is 5.01. The summed E-state index contributed by atoms with van der Waals surface area (Å²) in [7, 11) is 0. The molecule has 104 valence electrons. The number of aromatic nitrogens is 1. The van der Waals surface area contributed by atoms with Crippen molar-refractivity contribution in [3.63, 3.8) is 0 Å². The second-order valence-corrected chi connectivity index (χ2v) is 5.44. The molecule has 20 heavy (non-hydrogen) atoms. The van der Waals surface area contributed by atoms with Gasteiger partial charge in [-0.15, -0.1) is 0 Å². The van der Waals surface area contributed by atoms with Crippen LogP contribution in [0.25, 0.3) is 0 Å². The molecule has 0 aliphatic carbocycles. The molecule has 0 aliphatic heterocycles. The number of halogens is 1. The van der Waals surface area contributed by atoms with Crippen LogP contribution in [0.4, 0.5) is 5.69 Å². The highest BCUT2D eigenvalue weighted by Crippen LogP contribution is 2.27. The number of anilines is 1. The highest BCUT2D eigenvalue weighted by molar-refractivity contribution is 6.30. The summed E-state index contributed by atoms with van der Waals surface area (Å²) in [6, 6.07) is 9.21. The van der Waals surface area contributed by atoms with Gasteiger partial charge in [0, 0.05) is 16.9 Å². The van der Waals surface area contributed by atoms with Crippen molar-refractivity contribution in [3.8, 4) is 0 Å². The predicted molar refractivity (Wildman–Crippen MR) is 82.5 cm³/mol. The zero-order chi connectivity index (χ0) is 14.7. The van der Waals surface area contributed by atoms with Crippen LogP contribution in [0.1, 0.15) is 41.4 Å². The molecule has 0 spiro atoms. The first kappa shape index (κ1) is 14.5. The van der Waals surface area contributed by atoms with Gasteiger partial charge in [-0.2, -0.15) is 0 Å². The molecular formula is C16H17ClN2O. The van der Waals surface area contributed by atoms with Crippen molar-refractivity contribution in [1.82, 2.24) is 4.98 Å². The van der Waals surface area contributed by atoms with Crippen molar-refractivity contribution < 1.29 is 4.79 Å². The number of benzene rings is 1. The molecule has 0 fully saturated rings. The van der Waals surface area contributed by atoms with Crippen LogP contribution in [-0.2, 0) is 0 Å². The van der Waals surface area contributed by atoms with E-state index < -0.39 is 0 Å². The van der Waals surface area contributed by atoms with Crippen molar-refractivity contribution in [3.05, 3.63) is 58.4 Å². The molecule has 0 saturated carbocycles. The molecule has 0 saturated heterocycles. The lowest BCUT2D eigenvalue weighted by atomic mass is 9.98. The number of amides is 1. The maximum Gasteiger partial charge on any atom is 0.274 e. The van der Waals surface area contributed by atoms with Crippen LogP contribution in [-0.4, -0.2) is 10.9 Å². The van der Waals surface area contributed by atoms with Gasteiger partial charge in [0.15, 0.2) is 0 Å². The Morgan fingerprint density at radius 1 is 1.30 bits per heavy atom. The molecule has 4 heteroatoms. The second kappa shape index (κ2) is 6.06. The van der Waals surface area contributed by atoms with E-state index in [-0.39, 0.29) is 5.91 Å². The maximum atomic E-state index is 12.3. The van der Waals surface area contributed by atoms with Gasteiger partial charge in [-0.3, -0.25) is 9.78 Å². The molecule has 1 aromatic heterocycles. The zero-order valence-electron chi connectivity index (χ0n) is 11.8. The Hall–Kier alpha value is -1.87. The third-order valence-electron chi connectivity index (χ3n) is 3.12. The number of para-hydroxylation sites is 1. The van der Waals surface area contributed by atoms with Gasteiger partial charge >= 0.3 is 0 Å². The lowest BCUT2D eigenvalue weighted by molar-refractivity contribution is 0.102. The molecule has 0 unspecified atom stereocenters. The molecule has 3 nitrogen and oxygen atoms in total. The third kappa shape index (κ3) is 3.17. The van der Waals surface area contributed by atoms with Gasteiger partial charge in [-0.1, -0.05) is 43.6 Å². The number of aryl methyl sites for hydroxylation is 1. The fraction of sp³-hybridized carbons (Fsp3) is 0.250. The first-order chi connectivity index (χ1) is 9.49. The van der Waals surface area contributed by atoms with Crippen molar-refractivity contribution in [1.29, 1.82) is 0 Å². The van der Waals surface area contributed by atoms with Gasteiger partial charge in [0.05, 0.1) is 0 Å². The minimum absolute atomic E-state index is 0.247. The summed E-state index contributed by atoms with van der Waals surface area (Å²) in [4.78, 5) is 16.3. The fourth-order valence-corrected chi connectivity index (χ4v) is 2.21. The summed E-state index contributed by atoms with van der Waals surface area (Å²) in [5, 5.41) is 3.44. The van der Waals surface area contributed by atoms with Crippen LogP contribution in [0.2, 0.25) is 5.02 Å².